The number of fused-ring (bicyclic) bond motifs is 1. The molecule has 1 fully saturated rings. The lowest BCUT2D eigenvalue weighted by atomic mass is 9.93. The van der Waals surface area contributed by atoms with Crippen LogP contribution in [0.5, 0.6) is 0 Å². The van der Waals surface area contributed by atoms with Crippen LogP contribution < -0.4 is 10.2 Å². The molecule has 2 aliphatic heterocycles. The van der Waals surface area contributed by atoms with Gasteiger partial charge in [0.15, 0.2) is 0 Å². The van der Waals surface area contributed by atoms with E-state index in [0.29, 0.717) is 44.8 Å². The fourth-order valence-electron chi connectivity index (χ4n) is 4.21. The van der Waals surface area contributed by atoms with E-state index < -0.39 is 0 Å². The number of benzene rings is 1. The molecule has 2 amide bonds. The topological polar surface area (TPSA) is 81.5 Å². The van der Waals surface area contributed by atoms with Crippen LogP contribution in [-0.4, -0.2) is 55.2 Å². The van der Waals surface area contributed by atoms with Gasteiger partial charge >= 0.3 is 6.03 Å². The average Bonchev–Trinajstić information content (AvgIpc) is 2.78. The maximum Gasteiger partial charge on any atom is 0.317 e. The normalized spacial score (nSPS) is 18.7. The van der Waals surface area contributed by atoms with Crippen molar-refractivity contribution in [2.45, 2.75) is 26.0 Å². The third-order valence-corrected chi connectivity index (χ3v) is 5.70. The summed E-state index contributed by atoms with van der Waals surface area (Å²) in [5.74, 6) is 0.718. The summed E-state index contributed by atoms with van der Waals surface area (Å²) in [4.78, 5) is 21.0. The fraction of sp³-hybridized carbons (Fsp3) is 0.409. The van der Waals surface area contributed by atoms with E-state index in [9.17, 15) is 10.1 Å². The number of carbonyl (C=O) groups excluding carboxylic acids is 1. The van der Waals surface area contributed by atoms with Gasteiger partial charge in [-0.15, -0.1) is 0 Å². The van der Waals surface area contributed by atoms with Gasteiger partial charge in [0.1, 0.15) is 11.9 Å². The van der Waals surface area contributed by atoms with E-state index >= 15 is 0 Å². The molecule has 0 bridgehead atoms. The third kappa shape index (κ3) is 3.52. The van der Waals surface area contributed by atoms with Gasteiger partial charge in [-0.3, -0.25) is 0 Å². The molecular weight excluding hydrogens is 366 g/mol. The SMILES string of the molecule is CNC(=O)N1CCN(c2nc(-c3ccccc3)c3c(c2C#N)CCOC3)C[C@H]1C. The summed E-state index contributed by atoms with van der Waals surface area (Å²) in [5.41, 5.74) is 4.61. The fourth-order valence-corrected chi connectivity index (χ4v) is 4.21. The molecule has 7 nitrogen and oxygen atoms in total. The van der Waals surface area contributed by atoms with Crippen LogP contribution in [-0.2, 0) is 17.8 Å². The molecule has 3 heterocycles. The van der Waals surface area contributed by atoms with Gasteiger partial charge in [-0.25, -0.2) is 9.78 Å². The van der Waals surface area contributed by atoms with Gasteiger partial charge in [0.2, 0.25) is 0 Å². The molecule has 0 radical (unpaired) electrons. The van der Waals surface area contributed by atoms with E-state index in [0.717, 1.165) is 28.2 Å². The highest BCUT2D eigenvalue weighted by Crippen LogP contribution is 2.35. The average molecular weight is 391 g/mol. The van der Waals surface area contributed by atoms with E-state index in [1.54, 1.807) is 7.05 Å². The van der Waals surface area contributed by atoms with Gasteiger partial charge in [0, 0.05) is 43.9 Å². The van der Waals surface area contributed by atoms with Crippen molar-refractivity contribution in [3.05, 3.63) is 47.0 Å². The number of nitriles is 1. The Bertz CT molecular complexity index is 954. The predicted molar refractivity (Wildman–Crippen MR) is 111 cm³/mol. The monoisotopic (exact) mass is 391 g/mol. The first-order valence-corrected chi connectivity index (χ1v) is 9.96. The summed E-state index contributed by atoms with van der Waals surface area (Å²) < 4.78 is 5.70. The van der Waals surface area contributed by atoms with Crippen molar-refractivity contribution in [3.8, 4) is 17.3 Å². The number of rotatable bonds is 2. The maximum absolute atomic E-state index is 12.1. The zero-order valence-corrected chi connectivity index (χ0v) is 16.8. The number of ether oxygens (including phenoxy) is 1. The number of nitrogens with one attached hydrogen (secondary N) is 1. The van der Waals surface area contributed by atoms with Crippen LogP contribution in [0, 0.1) is 11.3 Å². The Morgan fingerprint density at radius 1 is 1.28 bits per heavy atom. The predicted octanol–water partition coefficient (Wildman–Crippen LogP) is 2.54. The Kier molecular flexibility index (Phi) is 5.36. The molecule has 7 heteroatoms. The van der Waals surface area contributed by atoms with Crippen molar-refractivity contribution in [2.24, 2.45) is 0 Å². The minimum Gasteiger partial charge on any atom is -0.376 e. The molecule has 2 aliphatic rings. The molecule has 0 unspecified atom stereocenters. The number of aromatic nitrogens is 1. The quantitative estimate of drug-likeness (QED) is 0.851. The standard InChI is InChI=1S/C22H25N5O2/c1-15-13-26(9-10-27(15)22(28)24-2)21-18(12-23)17-8-11-29-14-19(17)20(25-21)16-6-4-3-5-7-16/h3-7,15H,8-11,13-14H2,1-2H3,(H,24,28)/t15-/m1/s1. The Hall–Kier alpha value is -3.11. The molecule has 0 saturated carbocycles. The molecule has 4 rings (SSSR count). The highest BCUT2D eigenvalue weighted by Gasteiger charge is 2.31. The van der Waals surface area contributed by atoms with Crippen molar-refractivity contribution in [1.82, 2.24) is 15.2 Å². The molecule has 1 aromatic heterocycles. The minimum atomic E-state index is -0.0711. The second-order valence-electron chi connectivity index (χ2n) is 7.44. The lowest BCUT2D eigenvalue weighted by molar-refractivity contribution is 0.111. The van der Waals surface area contributed by atoms with Gasteiger partial charge in [0.05, 0.1) is 24.5 Å². The Labute approximate surface area is 170 Å². The smallest absolute Gasteiger partial charge is 0.317 e. The summed E-state index contributed by atoms with van der Waals surface area (Å²) >= 11 is 0. The number of hydrogen-bond acceptors (Lipinski definition) is 5. The van der Waals surface area contributed by atoms with E-state index in [-0.39, 0.29) is 12.1 Å². The zero-order valence-electron chi connectivity index (χ0n) is 16.8. The molecule has 1 saturated heterocycles. The van der Waals surface area contributed by atoms with Crippen LogP contribution >= 0.6 is 0 Å². The zero-order chi connectivity index (χ0) is 20.4. The summed E-state index contributed by atoms with van der Waals surface area (Å²) in [6, 6.07) is 12.4. The van der Waals surface area contributed by atoms with Crippen LogP contribution in [0.15, 0.2) is 30.3 Å². The summed E-state index contributed by atoms with van der Waals surface area (Å²) in [5, 5.41) is 12.7. The number of amides is 2. The van der Waals surface area contributed by atoms with Gasteiger partial charge < -0.3 is 19.9 Å². The molecule has 1 aromatic carbocycles. The second kappa shape index (κ2) is 8.10. The van der Waals surface area contributed by atoms with Crippen LogP contribution in [0.2, 0.25) is 0 Å². The molecule has 0 spiro atoms. The molecule has 1 N–H and O–H groups in total. The second-order valence-corrected chi connectivity index (χ2v) is 7.44. The first kappa shape index (κ1) is 19.2. The molecule has 1 atom stereocenters. The van der Waals surface area contributed by atoms with Crippen LogP contribution in [0.3, 0.4) is 0 Å². The first-order chi connectivity index (χ1) is 14.1. The minimum absolute atomic E-state index is 0.0246. The van der Waals surface area contributed by atoms with Crippen molar-refractivity contribution < 1.29 is 9.53 Å². The van der Waals surface area contributed by atoms with Crippen molar-refractivity contribution >= 4 is 11.8 Å². The van der Waals surface area contributed by atoms with Gasteiger partial charge in [-0.05, 0) is 18.9 Å². The van der Waals surface area contributed by atoms with E-state index in [1.165, 1.54) is 0 Å². The van der Waals surface area contributed by atoms with Gasteiger partial charge in [-0.2, -0.15) is 5.26 Å². The van der Waals surface area contributed by atoms with E-state index in [1.807, 2.05) is 42.2 Å². The first-order valence-electron chi connectivity index (χ1n) is 9.96. The lowest BCUT2D eigenvalue weighted by Gasteiger charge is -2.41. The van der Waals surface area contributed by atoms with E-state index in [2.05, 4.69) is 16.3 Å². The molecule has 29 heavy (non-hydrogen) atoms. The van der Waals surface area contributed by atoms with Crippen molar-refractivity contribution in [1.29, 1.82) is 5.26 Å². The number of urea groups is 1. The number of anilines is 1. The Morgan fingerprint density at radius 3 is 2.76 bits per heavy atom. The number of hydrogen-bond donors (Lipinski definition) is 1. The van der Waals surface area contributed by atoms with E-state index in [4.69, 9.17) is 9.72 Å². The van der Waals surface area contributed by atoms with Crippen LogP contribution in [0.4, 0.5) is 10.6 Å². The third-order valence-electron chi connectivity index (χ3n) is 5.70. The summed E-state index contributed by atoms with van der Waals surface area (Å²) in [6.45, 7) is 4.98. The number of piperazine rings is 1. The van der Waals surface area contributed by atoms with Crippen LogP contribution in [0.1, 0.15) is 23.6 Å². The van der Waals surface area contributed by atoms with Gasteiger partial charge in [-0.1, -0.05) is 30.3 Å². The Balaban J connectivity index is 1.78. The van der Waals surface area contributed by atoms with Crippen molar-refractivity contribution in [3.63, 3.8) is 0 Å². The van der Waals surface area contributed by atoms with Gasteiger partial charge in [0.25, 0.3) is 0 Å². The van der Waals surface area contributed by atoms with Crippen molar-refractivity contribution in [2.75, 3.05) is 38.2 Å². The Morgan fingerprint density at radius 2 is 2.07 bits per heavy atom. The number of pyridine rings is 1. The summed E-state index contributed by atoms with van der Waals surface area (Å²) in [7, 11) is 1.65. The summed E-state index contributed by atoms with van der Waals surface area (Å²) in [6.07, 6.45) is 0.710. The highest BCUT2D eigenvalue weighted by molar-refractivity contribution is 5.75. The maximum atomic E-state index is 12.1. The van der Waals surface area contributed by atoms with Crippen LogP contribution in [0.25, 0.3) is 11.3 Å². The number of nitrogens with zero attached hydrogens (tertiary/aromatic N) is 4. The lowest BCUT2D eigenvalue weighted by Crippen LogP contribution is -2.56. The molecule has 150 valence electrons. The highest BCUT2D eigenvalue weighted by atomic mass is 16.5. The molecule has 2 aromatic rings. The largest absolute Gasteiger partial charge is 0.376 e. The molecule has 0 aliphatic carbocycles. The number of carbonyl (C=O) groups is 1. The molecular formula is C22H25N5O2.